The predicted molar refractivity (Wildman–Crippen MR) is 48.2 cm³/mol. The van der Waals surface area contributed by atoms with Gasteiger partial charge in [-0.2, -0.15) is 0 Å². The average molecular weight is 184 g/mol. The molecule has 0 spiro atoms. The molecule has 0 saturated heterocycles. The maximum absolute atomic E-state index is 13.5. The Labute approximate surface area is 77.0 Å². The summed E-state index contributed by atoms with van der Waals surface area (Å²) in [5, 5.41) is 9.59. The average Bonchev–Trinajstić information content (AvgIpc) is 2.02. The third kappa shape index (κ3) is 1.98. The third-order valence-corrected chi connectivity index (χ3v) is 1.84. The quantitative estimate of drug-likeness (QED) is 0.762. The monoisotopic (exact) mass is 184 g/mol. The molecule has 0 unspecified atom stereocenters. The van der Waals surface area contributed by atoms with E-state index in [-0.39, 0.29) is 11.3 Å². The molecule has 0 aromatic heterocycles. The Kier molecular flexibility index (Phi) is 2.57. The summed E-state index contributed by atoms with van der Waals surface area (Å²) >= 11 is 0. The summed E-state index contributed by atoms with van der Waals surface area (Å²) in [7, 11) is 1.40. The minimum Gasteiger partial charge on any atom is -0.494 e. The van der Waals surface area contributed by atoms with E-state index in [1.807, 2.05) is 0 Å². The zero-order chi connectivity index (χ0) is 10.1. The van der Waals surface area contributed by atoms with Crippen molar-refractivity contribution < 1.29 is 14.2 Å². The molecule has 0 aliphatic rings. The van der Waals surface area contributed by atoms with Crippen molar-refractivity contribution in [2.75, 3.05) is 7.11 Å². The second-order valence-electron chi connectivity index (χ2n) is 3.38. The third-order valence-electron chi connectivity index (χ3n) is 1.84. The van der Waals surface area contributed by atoms with Gasteiger partial charge in [-0.05, 0) is 19.9 Å². The fourth-order valence-corrected chi connectivity index (χ4v) is 1.14. The van der Waals surface area contributed by atoms with Gasteiger partial charge >= 0.3 is 0 Å². The first kappa shape index (κ1) is 9.99. The van der Waals surface area contributed by atoms with Crippen molar-refractivity contribution in [3.05, 3.63) is 29.6 Å². The molecule has 0 radical (unpaired) electrons. The lowest BCUT2D eigenvalue weighted by molar-refractivity contribution is 0.0739. The van der Waals surface area contributed by atoms with Gasteiger partial charge in [0, 0.05) is 5.56 Å². The highest BCUT2D eigenvalue weighted by Gasteiger charge is 2.22. The largest absolute Gasteiger partial charge is 0.494 e. The van der Waals surface area contributed by atoms with E-state index in [1.165, 1.54) is 33.1 Å². The molecule has 1 aromatic carbocycles. The SMILES string of the molecule is COc1cccc(C(C)(C)O)c1F. The van der Waals surface area contributed by atoms with E-state index >= 15 is 0 Å². The van der Waals surface area contributed by atoms with Gasteiger partial charge in [-0.15, -0.1) is 0 Å². The number of aliphatic hydroxyl groups is 1. The molecule has 0 bridgehead atoms. The van der Waals surface area contributed by atoms with Crippen LogP contribution in [0.2, 0.25) is 0 Å². The lowest BCUT2D eigenvalue weighted by Crippen LogP contribution is -2.17. The van der Waals surface area contributed by atoms with Crippen LogP contribution < -0.4 is 4.74 Å². The van der Waals surface area contributed by atoms with Crippen molar-refractivity contribution in [1.82, 2.24) is 0 Å². The Morgan fingerprint density at radius 3 is 2.46 bits per heavy atom. The van der Waals surface area contributed by atoms with Gasteiger partial charge in [0.15, 0.2) is 11.6 Å². The summed E-state index contributed by atoms with van der Waals surface area (Å²) in [6, 6.07) is 4.71. The lowest BCUT2D eigenvalue weighted by atomic mass is 9.98. The molecule has 3 heteroatoms. The Hall–Kier alpha value is -1.09. The second kappa shape index (κ2) is 3.34. The molecule has 0 aliphatic carbocycles. The van der Waals surface area contributed by atoms with Crippen molar-refractivity contribution in [3.8, 4) is 5.75 Å². The van der Waals surface area contributed by atoms with E-state index in [4.69, 9.17) is 4.74 Å². The summed E-state index contributed by atoms with van der Waals surface area (Å²) in [6.07, 6.45) is 0. The van der Waals surface area contributed by atoms with Crippen LogP contribution in [0.4, 0.5) is 4.39 Å². The topological polar surface area (TPSA) is 29.5 Å². The molecule has 1 rings (SSSR count). The number of hydrogen-bond donors (Lipinski definition) is 1. The molecule has 0 aliphatic heterocycles. The van der Waals surface area contributed by atoms with Crippen molar-refractivity contribution in [3.63, 3.8) is 0 Å². The van der Waals surface area contributed by atoms with Crippen LogP contribution in [-0.4, -0.2) is 12.2 Å². The van der Waals surface area contributed by atoms with Gasteiger partial charge in [0.1, 0.15) is 0 Å². The van der Waals surface area contributed by atoms with E-state index in [9.17, 15) is 9.50 Å². The number of benzene rings is 1. The maximum Gasteiger partial charge on any atom is 0.171 e. The molecular formula is C10H13FO2. The van der Waals surface area contributed by atoms with Crippen molar-refractivity contribution in [1.29, 1.82) is 0 Å². The molecule has 1 N–H and O–H groups in total. The minimum atomic E-state index is -1.18. The number of hydrogen-bond acceptors (Lipinski definition) is 2. The molecule has 13 heavy (non-hydrogen) atoms. The van der Waals surface area contributed by atoms with Crippen molar-refractivity contribution in [2.24, 2.45) is 0 Å². The lowest BCUT2D eigenvalue weighted by Gasteiger charge is -2.19. The Balaban J connectivity index is 3.24. The van der Waals surface area contributed by atoms with Crippen molar-refractivity contribution in [2.45, 2.75) is 19.4 Å². The highest BCUT2D eigenvalue weighted by molar-refractivity contribution is 5.33. The first-order valence-corrected chi connectivity index (χ1v) is 4.02. The Bertz CT molecular complexity index is 302. The minimum absolute atomic E-state index is 0.152. The highest BCUT2D eigenvalue weighted by Crippen LogP contribution is 2.28. The zero-order valence-electron chi connectivity index (χ0n) is 7.97. The maximum atomic E-state index is 13.5. The van der Waals surface area contributed by atoms with E-state index in [1.54, 1.807) is 6.07 Å². The first-order chi connectivity index (χ1) is 5.96. The van der Waals surface area contributed by atoms with Crippen LogP contribution in [0.3, 0.4) is 0 Å². The van der Waals surface area contributed by atoms with Crippen LogP contribution in [0.15, 0.2) is 18.2 Å². The van der Waals surface area contributed by atoms with Gasteiger partial charge in [-0.3, -0.25) is 0 Å². The molecular weight excluding hydrogens is 171 g/mol. The predicted octanol–water partition coefficient (Wildman–Crippen LogP) is 2.06. The van der Waals surface area contributed by atoms with Gasteiger partial charge in [0.25, 0.3) is 0 Å². The first-order valence-electron chi connectivity index (χ1n) is 4.02. The number of halogens is 1. The molecule has 0 saturated carbocycles. The van der Waals surface area contributed by atoms with E-state index < -0.39 is 11.4 Å². The van der Waals surface area contributed by atoms with Gasteiger partial charge in [0.05, 0.1) is 12.7 Å². The Morgan fingerprint density at radius 1 is 1.38 bits per heavy atom. The second-order valence-corrected chi connectivity index (χ2v) is 3.38. The van der Waals surface area contributed by atoms with Crippen LogP contribution in [0, 0.1) is 5.82 Å². The van der Waals surface area contributed by atoms with Gasteiger partial charge < -0.3 is 9.84 Å². The van der Waals surface area contributed by atoms with Gasteiger partial charge in [0.2, 0.25) is 0 Å². The highest BCUT2D eigenvalue weighted by atomic mass is 19.1. The molecule has 72 valence electrons. The van der Waals surface area contributed by atoms with Gasteiger partial charge in [-0.1, -0.05) is 12.1 Å². The summed E-state index contributed by atoms with van der Waals surface area (Å²) < 4.78 is 18.3. The summed E-state index contributed by atoms with van der Waals surface area (Å²) in [5.74, 6) is -0.350. The normalized spacial score (nSPS) is 11.5. The fourth-order valence-electron chi connectivity index (χ4n) is 1.14. The Morgan fingerprint density at radius 2 is 2.00 bits per heavy atom. The summed E-state index contributed by atoms with van der Waals surface area (Å²) in [4.78, 5) is 0. The van der Waals surface area contributed by atoms with Crippen molar-refractivity contribution >= 4 is 0 Å². The summed E-state index contributed by atoms with van der Waals surface area (Å²) in [6.45, 7) is 3.07. The van der Waals surface area contributed by atoms with Crippen LogP contribution in [-0.2, 0) is 5.60 Å². The van der Waals surface area contributed by atoms with Crippen LogP contribution >= 0.6 is 0 Å². The molecule has 2 nitrogen and oxygen atoms in total. The standard InChI is InChI=1S/C10H13FO2/c1-10(2,12)7-5-4-6-8(13-3)9(7)11/h4-6,12H,1-3H3. The van der Waals surface area contributed by atoms with E-state index in [0.29, 0.717) is 0 Å². The van der Waals surface area contributed by atoms with E-state index in [0.717, 1.165) is 0 Å². The smallest absolute Gasteiger partial charge is 0.171 e. The number of ether oxygens (including phenoxy) is 1. The number of methoxy groups -OCH3 is 1. The number of rotatable bonds is 2. The van der Waals surface area contributed by atoms with Crippen LogP contribution in [0.1, 0.15) is 19.4 Å². The molecule has 0 amide bonds. The fraction of sp³-hybridized carbons (Fsp3) is 0.400. The van der Waals surface area contributed by atoms with Crippen LogP contribution in [0.25, 0.3) is 0 Å². The van der Waals surface area contributed by atoms with Crippen LogP contribution in [0.5, 0.6) is 5.75 Å². The zero-order valence-corrected chi connectivity index (χ0v) is 7.97. The molecule has 0 heterocycles. The molecule has 1 aromatic rings. The van der Waals surface area contributed by atoms with E-state index in [2.05, 4.69) is 0 Å². The molecule has 0 atom stereocenters. The summed E-state index contributed by atoms with van der Waals surface area (Å²) in [5.41, 5.74) is -0.939. The van der Waals surface area contributed by atoms with Gasteiger partial charge in [-0.25, -0.2) is 4.39 Å². The molecule has 0 fully saturated rings.